The maximum absolute atomic E-state index is 14.2. The molecule has 1 fully saturated rings. The number of hydrogen-bond donors (Lipinski definition) is 6. The molecule has 1 saturated carbocycles. The number of benzene rings is 2. The highest BCUT2D eigenvalue weighted by atomic mass is 16.7. The van der Waals surface area contributed by atoms with Gasteiger partial charge in [0.25, 0.3) is 5.91 Å². The number of aliphatic hydroxyl groups excluding tert-OH is 2. The number of nitrogens with two attached hydrogens (primary N) is 1. The van der Waals surface area contributed by atoms with Crippen LogP contribution in [0.4, 0.5) is 16.2 Å². The summed E-state index contributed by atoms with van der Waals surface area (Å²) in [4.78, 5) is 82.4. The number of amides is 3. The third-order valence-corrected chi connectivity index (χ3v) is 10.1. The van der Waals surface area contributed by atoms with Crippen molar-refractivity contribution < 1.29 is 58.7 Å². The molecule has 3 aliphatic carbocycles. The number of aliphatic hydroxyl groups is 3. The highest BCUT2D eigenvalue weighted by molar-refractivity contribution is 6.24. The molecular formula is C38H45N5O12. The number of ether oxygens (including phenoxy) is 2. The van der Waals surface area contributed by atoms with E-state index in [1.807, 2.05) is 0 Å². The van der Waals surface area contributed by atoms with Crippen molar-refractivity contribution >= 4 is 52.6 Å². The molecule has 0 unspecified atom stereocenters. The number of primary amides is 1. The van der Waals surface area contributed by atoms with E-state index in [-0.39, 0.29) is 42.6 Å². The normalized spacial score (nSPS) is 21.7. The lowest BCUT2D eigenvalue weighted by atomic mass is 9.57. The molecule has 4 atom stereocenters. The van der Waals surface area contributed by atoms with Crippen LogP contribution in [0.1, 0.15) is 36.5 Å². The highest BCUT2D eigenvalue weighted by Gasteiger charge is 2.64. The molecule has 0 bridgehead atoms. The molecule has 17 nitrogen and oxygen atoms in total. The molecular weight excluding hydrogens is 718 g/mol. The molecule has 3 aliphatic rings. The Labute approximate surface area is 316 Å². The zero-order chi connectivity index (χ0) is 40.5. The Morgan fingerprint density at radius 3 is 2.29 bits per heavy atom. The van der Waals surface area contributed by atoms with Crippen LogP contribution in [0.15, 0.2) is 53.3 Å². The molecule has 0 saturated heterocycles. The molecule has 0 heterocycles. The van der Waals surface area contributed by atoms with Crippen molar-refractivity contribution in [2.75, 3.05) is 58.3 Å². The Bertz CT molecular complexity index is 1990. The first-order valence-corrected chi connectivity index (χ1v) is 17.6. The fourth-order valence-corrected chi connectivity index (χ4v) is 7.70. The summed E-state index contributed by atoms with van der Waals surface area (Å²) in [6.07, 6.45) is -0.589. The average molecular weight is 764 g/mol. The van der Waals surface area contributed by atoms with Gasteiger partial charge >= 0.3 is 12.1 Å². The summed E-state index contributed by atoms with van der Waals surface area (Å²) in [6, 6.07) is 9.05. The lowest BCUT2D eigenvalue weighted by Gasteiger charge is -2.50. The fraction of sp³-hybridized carbons (Fsp3) is 0.421. The van der Waals surface area contributed by atoms with Crippen LogP contribution in [0.2, 0.25) is 0 Å². The number of phenolic OH excluding ortho intramolecular Hbond substituents is 1. The van der Waals surface area contributed by atoms with Gasteiger partial charge in [-0.25, -0.2) is 4.79 Å². The summed E-state index contributed by atoms with van der Waals surface area (Å²) < 4.78 is 10.1. The quantitative estimate of drug-likeness (QED) is 0.0778. The van der Waals surface area contributed by atoms with Crippen LogP contribution in [0.3, 0.4) is 0 Å². The first-order chi connectivity index (χ1) is 25.9. The van der Waals surface area contributed by atoms with Crippen LogP contribution >= 0.6 is 0 Å². The number of aromatic hydroxyl groups is 1. The molecule has 7 N–H and O–H groups in total. The number of ketones is 2. The van der Waals surface area contributed by atoms with Gasteiger partial charge in [0.05, 0.1) is 23.7 Å². The molecule has 0 aliphatic heterocycles. The number of anilines is 2. The summed E-state index contributed by atoms with van der Waals surface area (Å²) in [5.41, 5.74) is 2.45. The number of likely N-dealkylation sites (N-methyl/N-ethyl adjacent to an activating group) is 1. The summed E-state index contributed by atoms with van der Waals surface area (Å²) >= 11 is 0. The third-order valence-electron chi connectivity index (χ3n) is 10.1. The Balaban J connectivity index is 1.41. The lowest BCUT2D eigenvalue weighted by molar-refractivity contribution is -0.154. The van der Waals surface area contributed by atoms with Crippen molar-refractivity contribution in [3.63, 3.8) is 0 Å². The third kappa shape index (κ3) is 7.44. The second kappa shape index (κ2) is 15.8. The summed E-state index contributed by atoms with van der Waals surface area (Å²) in [7, 11) is 6.39. The van der Waals surface area contributed by atoms with Crippen LogP contribution in [0.5, 0.6) is 5.75 Å². The van der Waals surface area contributed by atoms with Gasteiger partial charge < -0.3 is 45.9 Å². The maximum Gasteiger partial charge on any atom is 0.413 e. The fourth-order valence-electron chi connectivity index (χ4n) is 7.70. The first-order valence-electron chi connectivity index (χ1n) is 17.6. The van der Waals surface area contributed by atoms with E-state index in [0.29, 0.717) is 23.2 Å². The van der Waals surface area contributed by atoms with Crippen molar-refractivity contribution in [1.29, 1.82) is 0 Å². The lowest BCUT2D eigenvalue weighted by Crippen LogP contribution is -2.65. The first kappa shape index (κ1) is 40.2. The number of nitrogens with zero attached hydrogens (tertiary/aromatic N) is 3. The smallest absolute Gasteiger partial charge is 0.413 e. The largest absolute Gasteiger partial charge is 0.508 e. The van der Waals surface area contributed by atoms with Crippen molar-refractivity contribution in [3.05, 3.63) is 70.0 Å². The molecule has 294 valence electrons. The van der Waals surface area contributed by atoms with Crippen LogP contribution in [-0.4, -0.2) is 125 Å². The van der Waals surface area contributed by atoms with Gasteiger partial charge in [-0.05, 0) is 56.5 Å². The maximum atomic E-state index is 14.2. The molecule has 0 radical (unpaired) electrons. The van der Waals surface area contributed by atoms with E-state index >= 15 is 0 Å². The van der Waals surface area contributed by atoms with E-state index in [1.165, 1.54) is 25.1 Å². The summed E-state index contributed by atoms with van der Waals surface area (Å²) in [6.45, 7) is 0.627. The van der Waals surface area contributed by atoms with E-state index in [4.69, 9.17) is 15.2 Å². The number of carbonyl (C=O) groups excluding carboxylic acids is 6. The van der Waals surface area contributed by atoms with Gasteiger partial charge in [0.2, 0.25) is 18.5 Å². The predicted molar refractivity (Wildman–Crippen MR) is 197 cm³/mol. The minimum absolute atomic E-state index is 0.0329. The van der Waals surface area contributed by atoms with Gasteiger partial charge in [-0.1, -0.05) is 37.3 Å². The van der Waals surface area contributed by atoms with Gasteiger partial charge in [-0.15, -0.1) is 0 Å². The molecule has 3 amide bonds. The van der Waals surface area contributed by atoms with E-state index < -0.39 is 95.1 Å². The second-order valence-electron chi connectivity index (χ2n) is 14.2. The Kier molecular flexibility index (Phi) is 11.6. The summed E-state index contributed by atoms with van der Waals surface area (Å²) in [5.74, 6) is -9.36. The van der Waals surface area contributed by atoms with Gasteiger partial charge in [-0.2, -0.15) is 0 Å². The van der Waals surface area contributed by atoms with Crippen molar-refractivity contribution in [2.24, 2.45) is 17.6 Å². The van der Waals surface area contributed by atoms with Gasteiger partial charge in [0, 0.05) is 37.8 Å². The Morgan fingerprint density at radius 1 is 1.02 bits per heavy atom. The summed E-state index contributed by atoms with van der Waals surface area (Å²) in [5, 5.41) is 48.8. The molecule has 2 aromatic carbocycles. The number of esters is 1. The van der Waals surface area contributed by atoms with Crippen LogP contribution in [0, 0.1) is 11.8 Å². The van der Waals surface area contributed by atoms with Crippen molar-refractivity contribution in [1.82, 2.24) is 9.80 Å². The molecule has 17 heteroatoms. The second-order valence-corrected chi connectivity index (χ2v) is 14.2. The van der Waals surface area contributed by atoms with E-state index in [1.54, 1.807) is 56.3 Å². The topological polar surface area (TPSA) is 250 Å². The van der Waals surface area contributed by atoms with Crippen LogP contribution in [-0.2, 0) is 46.3 Å². The van der Waals surface area contributed by atoms with Crippen LogP contribution < -0.4 is 16.0 Å². The van der Waals surface area contributed by atoms with Gasteiger partial charge in [-0.3, -0.25) is 33.8 Å². The number of Topliss-reactive ketones (excluding diaryl/α,β-unsaturated/α-hetero) is 2. The molecule has 55 heavy (non-hydrogen) atoms. The van der Waals surface area contributed by atoms with E-state index in [0.717, 1.165) is 4.90 Å². The number of fused-ring (bicyclic) bond motifs is 3. The number of nitrogens with one attached hydrogen (secondary N) is 1. The SMILES string of the molecule is CCCN(CC(=O)Nc1cc(N(C)C)c2c(c1O)C(O)=C1C(=O)[C@]3(O)C(O)=C(C(N)=O)C(=O)[C@@H](N(C)C)[C@@H]3C[C@@H]1C2)C(=O)OCOC(=O)Cc1ccccc1. The minimum atomic E-state index is -2.81. The molecule has 0 aromatic heterocycles. The monoisotopic (exact) mass is 763 g/mol. The Morgan fingerprint density at radius 2 is 1.69 bits per heavy atom. The zero-order valence-corrected chi connectivity index (χ0v) is 31.1. The standard InChI is InChI=1S/C38H45N5O12/c1-6-12-43(37(52)55-18-54-26(45)13-19-10-8-7-9-11-19)17-25(44)40-23-16-24(41(2)3)21-14-20-15-22-30(42(4)5)33(48)29(36(39)51)35(50)38(22,53)34(49)27(20)32(47)28(21)31(23)46/h7-11,16,20,22,30,46-47,50,53H,6,12-15,17-18H2,1-5H3,(H2,39,51)(H,40,44)/t20-,22-,30-,38-/m0/s1. The number of hydrogen-bond acceptors (Lipinski definition) is 14. The average Bonchev–Trinajstić information content (AvgIpc) is 3.10. The molecule has 5 rings (SSSR count). The zero-order valence-electron chi connectivity index (χ0n) is 31.1. The van der Waals surface area contributed by atoms with Crippen molar-refractivity contribution in [2.45, 2.75) is 44.2 Å². The predicted octanol–water partition coefficient (Wildman–Crippen LogP) is 1.56. The van der Waals surface area contributed by atoms with Crippen LogP contribution in [0.25, 0.3) is 5.76 Å². The minimum Gasteiger partial charge on any atom is -0.508 e. The number of phenols is 1. The highest BCUT2D eigenvalue weighted by Crippen LogP contribution is 2.54. The Hall–Kier alpha value is -5.94. The van der Waals surface area contributed by atoms with E-state index in [9.17, 15) is 49.2 Å². The van der Waals surface area contributed by atoms with Crippen molar-refractivity contribution in [3.8, 4) is 5.75 Å². The molecule has 0 spiro atoms. The molecule has 2 aromatic rings. The van der Waals surface area contributed by atoms with E-state index in [2.05, 4.69) is 5.32 Å². The number of carbonyl (C=O) groups is 6. The van der Waals surface area contributed by atoms with Gasteiger partial charge in [0.15, 0.2) is 11.4 Å². The van der Waals surface area contributed by atoms with Gasteiger partial charge in [0.1, 0.15) is 29.4 Å². The number of rotatable bonds is 12.